The van der Waals surface area contributed by atoms with Crippen LogP contribution in [0.25, 0.3) is 16.6 Å². The molecule has 0 fully saturated rings. The summed E-state index contributed by atoms with van der Waals surface area (Å²) in [4.78, 5) is 4.40. The summed E-state index contributed by atoms with van der Waals surface area (Å²) in [5.74, 6) is -0.0921. The van der Waals surface area contributed by atoms with Gasteiger partial charge in [-0.3, -0.25) is 0 Å². The number of aromatic hydroxyl groups is 1. The Morgan fingerprint density at radius 3 is 2.64 bits per heavy atom. The molecule has 0 bridgehead atoms. The van der Waals surface area contributed by atoms with Crippen LogP contribution < -0.4 is 11.1 Å². The molecule has 3 rings (SSSR count). The molecule has 0 amide bonds. The summed E-state index contributed by atoms with van der Waals surface area (Å²) in [6.07, 6.45) is 1.63. The van der Waals surface area contributed by atoms with Crippen molar-refractivity contribution in [3.63, 3.8) is 0 Å². The van der Waals surface area contributed by atoms with Crippen molar-refractivity contribution in [1.29, 1.82) is 0 Å². The van der Waals surface area contributed by atoms with Gasteiger partial charge in [0.2, 0.25) is 0 Å². The quantitative estimate of drug-likeness (QED) is 0.647. The van der Waals surface area contributed by atoms with E-state index in [0.717, 1.165) is 11.1 Å². The van der Waals surface area contributed by atoms with E-state index in [2.05, 4.69) is 10.3 Å². The Labute approximate surface area is 126 Å². The SMILES string of the molecule is N/C(=C\Nc1ccc(O)cc1)c1ccc2cc(F)ccc2n1. The topological polar surface area (TPSA) is 71.2 Å². The number of hydrogen-bond acceptors (Lipinski definition) is 4. The van der Waals surface area contributed by atoms with Crippen molar-refractivity contribution in [3.8, 4) is 5.75 Å². The first kappa shape index (κ1) is 13.9. The van der Waals surface area contributed by atoms with Gasteiger partial charge in [-0.05, 0) is 48.5 Å². The molecule has 0 atom stereocenters. The Morgan fingerprint density at radius 2 is 1.86 bits per heavy atom. The van der Waals surface area contributed by atoms with Crippen LogP contribution in [0.4, 0.5) is 10.1 Å². The fourth-order valence-electron chi connectivity index (χ4n) is 2.05. The molecule has 1 aromatic heterocycles. The first-order valence-electron chi connectivity index (χ1n) is 6.70. The number of fused-ring (bicyclic) bond motifs is 1. The second-order valence-electron chi connectivity index (χ2n) is 4.82. The number of anilines is 1. The number of hydrogen-bond donors (Lipinski definition) is 3. The van der Waals surface area contributed by atoms with Crippen molar-refractivity contribution in [3.05, 3.63) is 72.3 Å². The average Bonchev–Trinajstić information content (AvgIpc) is 2.53. The molecular formula is C17H14FN3O. The zero-order valence-corrected chi connectivity index (χ0v) is 11.6. The van der Waals surface area contributed by atoms with E-state index in [-0.39, 0.29) is 11.6 Å². The van der Waals surface area contributed by atoms with Gasteiger partial charge < -0.3 is 16.2 Å². The predicted molar refractivity (Wildman–Crippen MR) is 85.6 cm³/mol. The number of phenolic OH excluding ortho intramolecular Hbond substituents is 1. The fraction of sp³-hybridized carbons (Fsp3) is 0. The summed E-state index contributed by atoms with van der Waals surface area (Å²) in [6.45, 7) is 0. The second-order valence-corrected chi connectivity index (χ2v) is 4.82. The normalized spacial score (nSPS) is 11.6. The molecular weight excluding hydrogens is 281 g/mol. The summed E-state index contributed by atoms with van der Waals surface area (Å²) in [5, 5.41) is 13.0. The van der Waals surface area contributed by atoms with Gasteiger partial charge in [0.25, 0.3) is 0 Å². The van der Waals surface area contributed by atoms with E-state index in [1.807, 2.05) is 0 Å². The number of benzene rings is 2. The van der Waals surface area contributed by atoms with Crippen LogP contribution in [0.1, 0.15) is 5.69 Å². The molecule has 0 saturated carbocycles. The summed E-state index contributed by atoms with van der Waals surface area (Å²) < 4.78 is 13.1. The molecule has 0 aliphatic heterocycles. The molecule has 5 heteroatoms. The third kappa shape index (κ3) is 2.98. The van der Waals surface area contributed by atoms with Crippen LogP contribution in [-0.2, 0) is 0 Å². The first-order chi connectivity index (χ1) is 10.6. The van der Waals surface area contributed by atoms with Crippen molar-refractivity contribution in [2.24, 2.45) is 5.73 Å². The molecule has 0 saturated heterocycles. The lowest BCUT2D eigenvalue weighted by molar-refractivity contribution is 0.475. The number of nitrogens with one attached hydrogen (secondary N) is 1. The van der Waals surface area contributed by atoms with E-state index in [9.17, 15) is 9.50 Å². The molecule has 0 aliphatic carbocycles. The highest BCUT2D eigenvalue weighted by Crippen LogP contribution is 2.18. The number of nitrogens with two attached hydrogens (primary N) is 1. The Hall–Kier alpha value is -3.08. The van der Waals surface area contributed by atoms with Crippen molar-refractivity contribution in [2.45, 2.75) is 0 Å². The molecule has 3 aromatic rings. The lowest BCUT2D eigenvalue weighted by Gasteiger charge is -2.05. The lowest BCUT2D eigenvalue weighted by Crippen LogP contribution is -2.02. The maximum Gasteiger partial charge on any atom is 0.123 e. The monoisotopic (exact) mass is 295 g/mol. The standard InChI is InChI=1S/C17H14FN3O/c18-12-2-8-16-11(9-12)1-7-17(21-16)15(19)10-20-13-3-5-14(22)6-4-13/h1-10,20,22H,19H2/b15-10-. The molecule has 2 aromatic carbocycles. The summed E-state index contributed by atoms with van der Waals surface area (Å²) in [6, 6.07) is 14.6. The molecule has 22 heavy (non-hydrogen) atoms. The second kappa shape index (κ2) is 5.73. The molecule has 0 unspecified atom stereocenters. The van der Waals surface area contributed by atoms with Crippen LogP contribution in [0, 0.1) is 5.82 Å². The Kier molecular flexibility index (Phi) is 3.62. The van der Waals surface area contributed by atoms with Gasteiger partial charge in [-0.25, -0.2) is 9.37 Å². The third-order valence-corrected chi connectivity index (χ3v) is 3.21. The highest BCUT2D eigenvalue weighted by Gasteiger charge is 2.02. The van der Waals surface area contributed by atoms with Gasteiger partial charge in [0.05, 0.1) is 16.9 Å². The molecule has 0 spiro atoms. The predicted octanol–water partition coefficient (Wildman–Crippen LogP) is 3.45. The van der Waals surface area contributed by atoms with Crippen molar-refractivity contribution in [1.82, 2.24) is 4.98 Å². The molecule has 0 aliphatic rings. The smallest absolute Gasteiger partial charge is 0.123 e. The minimum absolute atomic E-state index is 0.200. The Morgan fingerprint density at radius 1 is 1.09 bits per heavy atom. The number of aromatic nitrogens is 1. The minimum Gasteiger partial charge on any atom is -0.508 e. The maximum absolute atomic E-state index is 13.1. The zero-order chi connectivity index (χ0) is 15.5. The van der Waals surface area contributed by atoms with Gasteiger partial charge in [0.15, 0.2) is 0 Å². The van der Waals surface area contributed by atoms with Crippen molar-refractivity contribution in [2.75, 3.05) is 5.32 Å². The highest BCUT2D eigenvalue weighted by molar-refractivity contribution is 5.80. The van der Waals surface area contributed by atoms with Gasteiger partial charge in [-0.2, -0.15) is 0 Å². The summed E-state index contributed by atoms with van der Waals surface area (Å²) >= 11 is 0. The Bertz CT molecular complexity index is 844. The number of pyridine rings is 1. The number of rotatable bonds is 3. The Balaban J connectivity index is 1.84. The van der Waals surface area contributed by atoms with E-state index in [0.29, 0.717) is 16.9 Å². The summed E-state index contributed by atoms with van der Waals surface area (Å²) in [7, 11) is 0. The van der Waals surface area contributed by atoms with Gasteiger partial charge in [0, 0.05) is 17.3 Å². The van der Waals surface area contributed by atoms with Crippen molar-refractivity contribution < 1.29 is 9.50 Å². The number of halogens is 1. The van der Waals surface area contributed by atoms with E-state index in [1.54, 1.807) is 48.7 Å². The van der Waals surface area contributed by atoms with E-state index in [1.165, 1.54) is 12.1 Å². The largest absolute Gasteiger partial charge is 0.508 e. The van der Waals surface area contributed by atoms with Crippen LogP contribution in [0.15, 0.2) is 60.8 Å². The van der Waals surface area contributed by atoms with Crippen LogP contribution in [0.5, 0.6) is 5.75 Å². The van der Waals surface area contributed by atoms with Crippen LogP contribution in [-0.4, -0.2) is 10.1 Å². The molecule has 1 heterocycles. The van der Waals surface area contributed by atoms with E-state index >= 15 is 0 Å². The highest BCUT2D eigenvalue weighted by atomic mass is 19.1. The van der Waals surface area contributed by atoms with Gasteiger partial charge in [-0.15, -0.1) is 0 Å². The third-order valence-electron chi connectivity index (χ3n) is 3.21. The lowest BCUT2D eigenvalue weighted by atomic mass is 10.2. The first-order valence-corrected chi connectivity index (χ1v) is 6.70. The van der Waals surface area contributed by atoms with Gasteiger partial charge in [0.1, 0.15) is 11.6 Å². The maximum atomic E-state index is 13.1. The number of nitrogens with zero attached hydrogens (tertiary/aromatic N) is 1. The molecule has 4 nitrogen and oxygen atoms in total. The van der Waals surface area contributed by atoms with Crippen LogP contribution in [0.2, 0.25) is 0 Å². The van der Waals surface area contributed by atoms with Gasteiger partial charge in [-0.1, -0.05) is 6.07 Å². The van der Waals surface area contributed by atoms with Crippen LogP contribution in [0.3, 0.4) is 0 Å². The van der Waals surface area contributed by atoms with Crippen molar-refractivity contribution >= 4 is 22.3 Å². The minimum atomic E-state index is -0.292. The van der Waals surface area contributed by atoms with E-state index < -0.39 is 0 Å². The van der Waals surface area contributed by atoms with Gasteiger partial charge >= 0.3 is 0 Å². The molecule has 4 N–H and O–H groups in total. The fourth-order valence-corrected chi connectivity index (χ4v) is 2.05. The average molecular weight is 295 g/mol. The number of phenols is 1. The molecule has 0 radical (unpaired) electrons. The molecule has 110 valence electrons. The van der Waals surface area contributed by atoms with Crippen LogP contribution >= 0.6 is 0 Å². The van der Waals surface area contributed by atoms with E-state index in [4.69, 9.17) is 5.73 Å². The summed E-state index contributed by atoms with van der Waals surface area (Å²) in [5.41, 5.74) is 8.54. The zero-order valence-electron chi connectivity index (χ0n) is 11.6.